The van der Waals surface area contributed by atoms with E-state index in [0.717, 1.165) is 63.5 Å². The molecule has 26 heavy (non-hydrogen) atoms. The Morgan fingerprint density at radius 2 is 1.81 bits per heavy atom. The van der Waals surface area contributed by atoms with Gasteiger partial charge in [-0.3, -0.25) is 9.80 Å². The van der Waals surface area contributed by atoms with Crippen molar-refractivity contribution in [3.05, 3.63) is 18.2 Å². The molecule has 0 aromatic heterocycles. The van der Waals surface area contributed by atoms with Gasteiger partial charge >= 0.3 is 0 Å². The molecule has 7 heteroatoms. The highest BCUT2D eigenvalue weighted by Crippen LogP contribution is 2.30. The molecule has 2 aliphatic heterocycles. The van der Waals surface area contributed by atoms with Gasteiger partial charge in [0.1, 0.15) is 5.75 Å². The average molecular weight is 368 g/mol. The molecule has 2 heterocycles. The third-order valence-corrected chi connectivity index (χ3v) is 5.45. The molecule has 0 radical (unpaired) electrons. The van der Waals surface area contributed by atoms with E-state index in [-0.39, 0.29) is 6.54 Å². The Balaban J connectivity index is 1.50. The van der Waals surface area contributed by atoms with E-state index in [1.165, 1.54) is 0 Å². The van der Waals surface area contributed by atoms with Gasteiger partial charge in [-0.2, -0.15) is 0 Å². The molecule has 0 spiro atoms. The van der Waals surface area contributed by atoms with Crippen molar-refractivity contribution >= 4 is 11.4 Å². The molecule has 2 aliphatic rings. The van der Waals surface area contributed by atoms with Gasteiger partial charge < -0.3 is 15.4 Å². The van der Waals surface area contributed by atoms with Gasteiger partial charge in [0, 0.05) is 57.1 Å². The molecular formula is C19H30F2N4O. The van der Waals surface area contributed by atoms with Crippen LogP contribution < -0.4 is 15.4 Å². The fourth-order valence-electron chi connectivity index (χ4n) is 4.00. The quantitative estimate of drug-likeness (QED) is 0.782. The number of benzene rings is 1. The molecule has 0 aliphatic carbocycles. The summed E-state index contributed by atoms with van der Waals surface area (Å²) < 4.78 is 30.6. The highest BCUT2D eigenvalue weighted by Gasteiger charge is 2.28. The van der Waals surface area contributed by atoms with Crippen molar-refractivity contribution in [2.75, 3.05) is 63.1 Å². The third kappa shape index (κ3) is 4.76. The van der Waals surface area contributed by atoms with Crippen molar-refractivity contribution in [2.24, 2.45) is 0 Å². The molecule has 146 valence electrons. The van der Waals surface area contributed by atoms with Crippen molar-refractivity contribution in [3.63, 3.8) is 0 Å². The van der Waals surface area contributed by atoms with Crippen LogP contribution in [0.5, 0.6) is 5.75 Å². The van der Waals surface area contributed by atoms with Gasteiger partial charge in [0.2, 0.25) is 0 Å². The van der Waals surface area contributed by atoms with Crippen molar-refractivity contribution in [2.45, 2.75) is 32.2 Å². The van der Waals surface area contributed by atoms with Crippen LogP contribution >= 0.6 is 0 Å². The number of halogens is 2. The molecule has 2 saturated heterocycles. The van der Waals surface area contributed by atoms with Crippen LogP contribution in [0.4, 0.5) is 20.2 Å². The number of piperidine rings is 1. The molecule has 2 fully saturated rings. The Morgan fingerprint density at radius 3 is 2.42 bits per heavy atom. The van der Waals surface area contributed by atoms with Crippen molar-refractivity contribution in [1.29, 1.82) is 0 Å². The Labute approximate surface area is 154 Å². The summed E-state index contributed by atoms with van der Waals surface area (Å²) in [4.78, 5) is 6.74. The first-order chi connectivity index (χ1) is 12.6. The smallest absolute Gasteiger partial charge is 0.251 e. The number of hydrogen-bond acceptors (Lipinski definition) is 5. The zero-order valence-electron chi connectivity index (χ0n) is 15.5. The fourth-order valence-corrected chi connectivity index (χ4v) is 4.00. The Morgan fingerprint density at radius 1 is 1.12 bits per heavy atom. The second-order valence-corrected chi connectivity index (χ2v) is 7.10. The second-order valence-electron chi connectivity index (χ2n) is 7.10. The Bertz CT molecular complexity index is 571. The highest BCUT2D eigenvalue weighted by atomic mass is 19.3. The topological polar surface area (TPSA) is 45.0 Å². The number of nitrogens with two attached hydrogens (primary N) is 1. The van der Waals surface area contributed by atoms with Gasteiger partial charge in [-0.25, -0.2) is 8.78 Å². The zero-order chi connectivity index (χ0) is 18.5. The van der Waals surface area contributed by atoms with E-state index < -0.39 is 6.43 Å². The molecule has 0 bridgehead atoms. The normalized spacial score (nSPS) is 20.7. The predicted molar refractivity (Wildman–Crippen MR) is 101 cm³/mol. The monoisotopic (exact) mass is 368 g/mol. The summed E-state index contributed by atoms with van der Waals surface area (Å²) in [5.74, 6) is 0.752. The van der Waals surface area contributed by atoms with Crippen LogP contribution in [0.1, 0.15) is 19.8 Å². The molecule has 1 aromatic rings. The van der Waals surface area contributed by atoms with Gasteiger partial charge in [-0.05, 0) is 31.9 Å². The predicted octanol–water partition coefficient (Wildman–Crippen LogP) is 2.52. The van der Waals surface area contributed by atoms with E-state index in [1.54, 1.807) is 0 Å². The minimum Gasteiger partial charge on any atom is -0.492 e. The third-order valence-electron chi connectivity index (χ3n) is 5.45. The van der Waals surface area contributed by atoms with Gasteiger partial charge in [0.15, 0.2) is 0 Å². The maximum Gasteiger partial charge on any atom is 0.251 e. The fraction of sp³-hybridized carbons (Fsp3) is 0.684. The van der Waals surface area contributed by atoms with E-state index in [0.29, 0.717) is 18.3 Å². The average Bonchev–Trinajstić information content (AvgIpc) is 2.64. The maximum absolute atomic E-state index is 12.5. The van der Waals surface area contributed by atoms with Crippen molar-refractivity contribution in [3.8, 4) is 5.75 Å². The van der Waals surface area contributed by atoms with E-state index in [9.17, 15) is 8.78 Å². The van der Waals surface area contributed by atoms with Crippen LogP contribution in [-0.4, -0.2) is 74.7 Å². The molecule has 3 rings (SSSR count). The van der Waals surface area contributed by atoms with Crippen LogP contribution in [0.25, 0.3) is 0 Å². The number of piperazine rings is 1. The summed E-state index contributed by atoms with van der Waals surface area (Å²) in [6, 6.07) is 6.55. The summed E-state index contributed by atoms with van der Waals surface area (Å²) in [7, 11) is 0. The lowest BCUT2D eigenvalue weighted by Crippen LogP contribution is -2.53. The van der Waals surface area contributed by atoms with Crippen LogP contribution in [0.15, 0.2) is 18.2 Å². The van der Waals surface area contributed by atoms with Crippen LogP contribution in [0.3, 0.4) is 0 Å². The van der Waals surface area contributed by atoms with Gasteiger partial charge in [0.05, 0.1) is 18.8 Å². The lowest BCUT2D eigenvalue weighted by molar-refractivity contribution is 0.0392. The molecule has 0 atom stereocenters. The summed E-state index contributed by atoms with van der Waals surface area (Å²) in [6.07, 6.45) is -0.0295. The van der Waals surface area contributed by atoms with Crippen molar-refractivity contribution in [1.82, 2.24) is 9.80 Å². The molecule has 5 nitrogen and oxygen atoms in total. The van der Waals surface area contributed by atoms with E-state index >= 15 is 0 Å². The van der Waals surface area contributed by atoms with E-state index in [1.807, 2.05) is 24.0 Å². The number of ether oxygens (including phenoxy) is 1. The molecular weight excluding hydrogens is 338 g/mol. The summed E-state index contributed by atoms with van der Waals surface area (Å²) >= 11 is 0. The number of nitrogens with zero attached hydrogens (tertiary/aromatic N) is 3. The Hall–Kier alpha value is -1.60. The molecule has 0 unspecified atom stereocenters. The van der Waals surface area contributed by atoms with Gasteiger partial charge in [0.25, 0.3) is 6.43 Å². The lowest BCUT2D eigenvalue weighted by Gasteiger charge is -2.43. The number of hydrogen-bond donors (Lipinski definition) is 1. The van der Waals surface area contributed by atoms with E-state index in [4.69, 9.17) is 10.5 Å². The highest BCUT2D eigenvalue weighted by molar-refractivity contribution is 5.62. The largest absolute Gasteiger partial charge is 0.492 e. The summed E-state index contributed by atoms with van der Waals surface area (Å²) in [5, 5.41) is 0. The first-order valence-electron chi connectivity index (χ1n) is 9.58. The molecule has 1 aromatic carbocycles. The molecule has 2 N–H and O–H groups in total. The van der Waals surface area contributed by atoms with Crippen LogP contribution in [0, 0.1) is 0 Å². The first-order valence-corrected chi connectivity index (χ1v) is 9.58. The number of anilines is 2. The minimum absolute atomic E-state index is 0.0917. The van der Waals surface area contributed by atoms with Crippen molar-refractivity contribution < 1.29 is 13.5 Å². The summed E-state index contributed by atoms with van der Waals surface area (Å²) in [5.41, 5.74) is 7.79. The SMILES string of the molecule is CCOc1cc(N2CCC(N3CCN(CC(F)F)CC3)CC2)ccc1N. The summed E-state index contributed by atoms with van der Waals surface area (Å²) in [6.45, 7) is 7.76. The number of nitrogen functional groups attached to an aromatic ring is 1. The van der Waals surface area contributed by atoms with Gasteiger partial charge in [-0.1, -0.05) is 0 Å². The van der Waals surface area contributed by atoms with Crippen LogP contribution in [0.2, 0.25) is 0 Å². The van der Waals surface area contributed by atoms with E-state index in [2.05, 4.69) is 15.9 Å². The minimum atomic E-state index is -2.23. The van der Waals surface area contributed by atoms with Crippen LogP contribution in [-0.2, 0) is 0 Å². The molecule has 0 saturated carbocycles. The molecule has 0 amide bonds. The number of alkyl halides is 2. The zero-order valence-corrected chi connectivity index (χ0v) is 15.5. The standard InChI is InChI=1S/C19H30F2N4O/c1-2-26-18-13-16(3-4-17(18)22)24-7-5-15(6-8-24)25-11-9-23(10-12-25)14-19(20)21/h3-4,13,15,19H,2,5-12,14,22H2,1H3. The Kier molecular flexibility index (Phi) is 6.53. The van der Waals surface area contributed by atoms with Gasteiger partial charge in [-0.15, -0.1) is 0 Å². The lowest BCUT2D eigenvalue weighted by atomic mass is 10.0. The first kappa shape index (κ1) is 19.2. The second kappa shape index (κ2) is 8.86. The number of rotatable bonds is 6. The maximum atomic E-state index is 12.5.